The summed E-state index contributed by atoms with van der Waals surface area (Å²) in [5.41, 5.74) is 5.84. The minimum atomic E-state index is -1.22. The summed E-state index contributed by atoms with van der Waals surface area (Å²) in [6.07, 6.45) is 3.57. The maximum atomic E-state index is 15.0. The molecule has 5 aromatic rings. The van der Waals surface area contributed by atoms with E-state index in [1.807, 2.05) is 0 Å². The largest absolute Gasteiger partial charge is 0.480 e. The number of aliphatic carboxylic acids is 1. The van der Waals surface area contributed by atoms with Crippen LogP contribution < -0.4 is 16.2 Å². The Morgan fingerprint density at radius 2 is 1.79 bits per heavy atom. The number of benzene rings is 3. The van der Waals surface area contributed by atoms with Gasteiger partial charge >= 0.3 is 5.97 Å². The van der Waals surface area contributed by atoms with Crippen LogP contribution in [0.15, 0.2) is 97.3 Å². The second-order valence-electron chi connectivity index (χ2n) is 9.47. The number of nitrogens with one attached hydrogen (secondary N) is 1. The van der Waals surface area contributed by atoms with E-state index in [0.29, 0.717) is 34.1 Å². The third-order valence-corrected chi connectivity index (χ3v) is 6.77. The quantitative estimate of drug-likeness (QED) is 0.0835. The number of anilines is 1. The maximum absolute atomic E-state index is 15.0. The number of carbonyl (C=O) groups is 3. The number of hydrazine groups is 1. The highest BCUT2D eigenvalue weighted by Crippen LogP contribution is 2.25. The Kier molecular flexibility index (Phi) is 8.46. The Balaban J connectivity index is 1.37. The van der Waals surface area contributed by atoms with Crippen LogP contribution in [0.5, 0.6) is 0 Å². The van der Waals surface area contributed by atoms with E-state index in [2.05, 4.69) is 27.2 Å². The molecule has 0 spiro atoms. The van der Waals surface area contributed by atoms with Crippen molar-refractivity contribution >= 4 is 34.9 Å². The van der Waals surface area contributed by atoms with Crippen molar-refractivity contribution in [2.24, 2.45) is 5.84 Å². The molecule has 4 N–H and O–H groups in total. The first kappa shape index (κ1) is 28.6. The number of amides is 2. The molecule has 0 aliphatic rings. The van der Waals surface area contributed by atoms with Gasteiger partial charge in [-0.25, -0.2) is 20.0 Å². The fraction of sp³-hybridized carbons (Fsp3) is 0.0606. The fourth-order valence-corrected chi connectivity index (χ4v) is 4.57. The SMILES string of the molecule is NNC(=O)c1cc(-c2ccc(C#Cc3ccc(N(C=O)C(Cc4ccccc4)C(=O)O)cc3F)cc2)nc2ccncc12. The number of rotatable bonds is 8. The summed E-state index contributed by atoms with van der Waals surface area (Å²) >= 11 is 0. The van der Waals surface area contributed by atoms with Gasteiger partial charge in [0.2, 0.25) is 6.41 Å². The van der Waals surface area contributed by atoms with E-state index in [-0.39, 0.29) is 17.7 Å². The highest BCUT2D eigenvalue weighted by Gasteiger charge is 2.26. The van der Waals surface area contributed by atoms with E-state index in [1.54, 1.807) is 79.1 Å². The van der Waals surface area contributed by atoms with Crippen LogP contribution in [0.2, 0.25) is 0 Å². The number of nitrogen functional groups attached to an aromatic ring is 1. The summed E-state index contributed by atoms with van der Waals surface area (Å²) in [7, 11) is 0. The zero-order valence-electron chi connectivity index (χ0n) is 22.6. The van der Waals surface area contributed by atoms with E-state index in [1.165, 1.54) is 12.1 Å². The lowest BCUT2D eigenvalue weighted by atomic mass is 10.0. The Bertz CT molecular complexity index is 1890. The van der Waals surface area contributed by atoms with Gasteiger partial charge in [-0.05, 0) is 48.0 Å². The smallest absolute Gasteiger partial charge is 0.327 e. The molecule has 5 rings (SSSR count). The predicted octanol–water partition coefficient (Wildman–Crippen LogP) is 4.10. The van der Waals surface area contributed by atoms with Gasteiger partial charge in [-0.15, -0.1) is 0 Å². The van der Waals surface area contributed by atoms with Crippen LogP contribution in [-0.2, 0) is 16.0 Å². The Hall–Kier alpha value is -5.92. The molecule has 9 nitrogen and oxygen atoms in total. The van der Waals surface area contributed by atoms with E-state index >= 15 is 4.39 Å². The summed E-state index contributed by atoms with van der Waals surface area (Å²) in [4.78, 5) is 45.9. The molecule has 2 amide bonds. The molecule has 1 unspecified atom stereocenters. The first-order chi connectivity index (χ1) is 20.9. The average Bonchev–Trinajstić information content (AvgIpc) is 3.04. The molecule has 43 heavy (non-hydrogen) atoms. The number of aromatic nitrogens is 2. The number of carboxylic acid groups (broad SMARTS) is 1. The van der Waals surface area contributed by atoms with Crippen molar-refractivity contribution in [2.45, 2.75) is 12.5 Å². The van der Waals surface area contributed by atoms with Gasteiger partial charge in [0.05, 0.1) is 22.3 Å². The molecular weight excluding hydrogens is 549 g/mol. The van der Waals surface area contributed by atoms with Crippen LogP contribution in [-0.4, -0.2) is 39.4 Å². The summed E-state index contributed by atoms with van der Waals surface area (Å²) < 4.78 is 15.0. The number of hydrogen-bond donors (Lipinski definition) is 3. The van der Waals surface area contributed by atoms with Crippen molar-refractivity contribution in [3.05, 3.63) is 125 Å². The fourth-order valence-electron chi connectivity index (χ4n) is 4.57. The molecule has 0 bridgehead atoms. The highest BCUT2D eigenvalue weighted by atomic mass is 19.1. The molecule has 0 aliphatic heterocycles. The predicted molar refractivity (Wildman–Crippen MR) is 159 cm³/mol. The van der Waals surface area contributed by atoms with Crippen molar-refractivity contribution in [1.82, 2.24) is 15.4 Å². The van der Waals surface area contributed by atoms with Gasteiger partial charge in [-0.1, -0.05) is 54.3 Å². The molecular formula is C33H24FN5O4. The summed E-state index contributed by atoms with van der Waals surface area (Å²) in [6, 6.07) is 22.0. The number of carboxylic acids is 1. The first-order valence-corrected chi connectivity index (χ1v) is 13.1. The van der Waals surface area contributed by atoms with Crippen LogP contribution in [0, 0.1) is 17.7 Å². The second kappa shape index (κ2) is 12.7. The van der Waals surface area contributed by atoms with Gasteiger partial charge in [0, 0.05) is 41.0 Å². The van der Waals surface area contributed by atoms with E-state index in [0.717, 1.165) is 22.1 Å². The van der Waals surface area contributed by atoms with Gasteiger partial charge < -0.3 is 10.0 Å². The molecule has 212 valence electrons. The van der Waals surface area contributed by atoms with Crippen LogP contribution >= 0.6 is 0 Å². The van der Waals surface area contributed by atoms with Crippen LogP contribution in [0.1, 0.15) is 27.0 Å². The van der Waals surface area contributed by atoms with E-state index in [9.17, 15) is 19.5 Å². The number of hydrogen-bond acceptors (Lipinski definition) is 6. The van der Waals surface area contributed by atoms with Crippen molar-refractivity contribution in [2.75, 3.05) is 4.90 Å². The number of nitrogens with zero attached hydrogens (tertiary/aromatic N) is 3. The highest BCUT2D eigenvalue weighted by molar-refractivity contribution is 6.06. The molecule has 2 heterocycles. The zero-order chi connectivity index (χ0) is 30.3. The molecule has 3 aromatic carbocycles. The Morgan fingerprint density at radius 1 is 1.02 bits per heavy atom. The number of fused-ring (bicyclic) bond motifs is 1. The number of pyridine rings is 2. The minimum absolute atomic E-state index is 0.0571. The molecule has 0 fully saturated rings. The van der Waals surface area contributed by atoms with Crippen molar-refractivity contribution in [1.29, 1.82) is 0 Å². The topological polar surface area (TPSA) is 139 Å². The molecule has 0 saturated heterocycles. The number of nitrogens with two attached hydrogens (primary N) is 1. The number of carbonyl (C=O) groups excluding carboxylic acids is 2. The van der Waals surface area contributed by atoms with Crippen molar-refractivity contribution in [3.63, 3.8) is 0 Å². The van der Waals surface area contributed by atoms with Gasteiger partial charge in [-0.2, -0.15) is 0 Å². The molecule has 2 aromatic heterocycles. The normalized spacial score (nSPS) is 11.2. The van der Waals surface area contributed by atoms with Crippen molar-refractivity contribution in [3.8, 4) is 23.1 Å². The van der Waals surface area contributed by atoms with Crippen LogP contribution in [0.25, 0.3) is 22.2 Å². The second-order valence-corrected chi connectivity index (χ2v) is 9.47. The molecule has 1 atom stereocenters. The van der Waals surface area contributed by atoms with Gasteiger partial charge in [-0.3, -0.25) is 20.0 Å². The first-order valence-electron chi connectivity index (χ1n) is 13.1. The third kappa shape index (κ3) is 6.37. The summed E-state index contributed by atoms with van der Waals surface area (Å²) in [5, 5.41) is 10.3. The van der Waals surface area contributed by atoms with Crippen LogP contribution in [0.4, 0.5) is 10.1 Å². The zero-order valence-corrected chi connectivity index (χ0v) is 22.6. The Labute approximate surface area is 245 Å². The molecule has 10 heteroatoms. The van der Waals surface area contributed by atoms with Gasteiger partial charge in [0.15, 0.2) is 0 Å². The Morgan fingerprint density at radius 3 is 2.47 bits per heavy atom. The molecule has 0 saturated carbocycles. The van der Waals surface area contributed by atoms with Gasteiger partial charge in [0.25, 0.3) is 5.91 Å². The lowest BCUT2D eigenvalue weighted by molar-refractivity contribution is -0.139. The molecule has 0 aliphatic carbocycles. The lowest BCUT2D eigenvalue weighted by Crippen LogP contribution is -2.42. The summed E-state index contributed by atoms with van der Waals surface area (Å²) in [6.45, 7) is 0. The lowest BCUT2D eigenvalue weighted by Gasteiger charge is -2.25. The monoisotopic (exact) mass is 573 g/mol. The van der Waals surface area contributed by atoms with E-state index in [4.69, 9.17) is 5.84 Å². The average molecular weight is 574 g/mol. The summed E-state index contributed by atoms with van der Waals surface area (Å²) in [5.74, 6) is 8.67. The minimum Gasteiger partial charge on any atom is -0.480 e. The van der Waals surface area contributed by atoms with E-state index < -0.39 is 23.7 Å². The maximum Gasteiger partial charge on any atom is 0.327 e. The molecule has 0 radical (unpaired) electrons. The third-order valence-electron chi connectivity index (χ3n) is 6.77. The van der Waals surface area contributed by atoms with Crippen molar-refractivity contribution < 1.29 is 23.9 Å². The standard InChI is InChI=1S/C33H24FN5O4/c34-28-17-25(39(20-40)31(33(42)43)16-22-4-2-1-3-5-22)13-12-23(28)9-6-21-7-10-24(11-8-21)30-18-26(32(41)38-35)27-19-36-15-14-29(27)37-30/h1-5,7-8,10-15,17-20,31H,16,35H2,(H,38,41)(H,42,43). The number of halogens is 1. The van der Waals surface area contributed by atoms with Gasteiger partial charge in [0.1, 0.15) is 11.9 Å². The van der Waals surface area contributed by atoms with Crippen LogP contribution in [0.3, 0.4) is 0 Å².